The van der Waals surface area contributed by atoms with Crippen LogP contribution in [0.5, 0.6) is 0 Å². The molecule has 1 aromatic rings. The summed E-state index contributed by atoms with van der Waals surface area (Å²) in [5.74, 6) is 0. The van der Waals surface area contributed by atoms with E-state index in [1.165, 1.54) is 4.90 Å². The Morgan fingerprint density at radius 3 is 2.74 bits per heavy atom. The normalized spacial score (nSPS) is 15.1. The van der Waals surface area contributed by atoms with E-state index in [9.17, 15) is 8.78 Å². The highest BCUT2D eigenvalue weighted by molar-refractivity contribution is 9.10. The van der Waals surface area contributed by atoms with E-state index in [4.69, 9.17) is 11.6 Å². The van der Waals surface area contributed by atoms with E-state index in [2.05, 4.69) is 22.5 Å². The molecule has 1 aliphatic rings. The summed E-state index contributed by atoms with van der Waals surface area (Å²) in [5, 5.41) is 0.503. The number of nitrogens with zero attached hydrogens (tertiary/aromatic N) is 1. The molecule has 0 bridgehead atoms. The van der Waals surface area contributed by atoms with Gasteiger partial charge in [0.25, 0.3) is 6.43 Å². The molecule has 0 atom stereocenters. The van der Waals surface area contributed by atoms with E-state index in [-0.39, 0.29) is 0 Å². The van der Waals surface area contributed by atoms with Gasteiger partial charge in [-0.1, -0.05) is 46.3 Å². The second kappa shape index (κ2) is 5.88. The van der Waals surface area contributed by atoms with Gasteiger partial charge in [-0.25, -0.2) is 8.78 Å². The van der Waals surface area contributed by atoms with Crippen LogP contribution in [-0.2, 0) is 0 Å². The largest absolute Gasteiger partial charge is 0.336 e. The van der Waals surface area contributed by atoms with Gasteiger partial charge in [-0.3, -0.25) is 0 Å². The molecular weight excluding hydrogens is 336 g/mol. The lowest BCUT2D eigenvalue weighted by molar-refractivity contribution is 0.123. The first-order valence-corrected chi connectivity index (χ1v) is 6.74. The maximum Gasteiger partial charge on any atom is 0.256 e. The minimum absolute atomic E-state index is 0.401. The van der Waals surface area contributed by atoms with Crippen molar-refractivity contribution in [2.45, 2.75) is 6.43 Å². The van der Waals surface area contributed by atoms with Crippen LogP contribution < -0.4 is 0 Å². The van der Waals surface area contributed by atoms with E-state index < -0.39 is 13.0 Å². The maximum atomic E-state index is 12.7. The average molecular weight is 347 g/mol. The number of benzene rings is 1. The molecule has 0 saturated carbocycles. The number of hydrogen-bond donors (Lipinski definition) is 0. The van der Waals surface area contributed by atoms with Crippen molar-refractivity contribution in [2.75, 3.05) is 6.54 Å². The molecule has 0 amide bonds. The molecule has 1 aliphatic heterocycles. The molecule has 19 heavy (non-hydrogen) atoms. The Hall–Kier alpha value is -1.13. The zero-order valence-corrected chi connectivity index (χ0v) is 12.3. The van der Waals surface area contributed by atoms with Crippen LogP contribution in [0, 0.1) is 0 Å². The van der Waals surface area contributed by atoms with Crippen LogP contribution >= 0.6 is 27.5 Å². The Balaban J connectivity index is 2.42. The minimum atomic E-state index is -2.44. The summed E-state index contributed by atoms with van der Waals surface area (Å²) in [7, 11) is 0. The lowest BCUT2D eigenvalue weighted by Gasteiger charge is -2.30. The Kier molecular flexibility index (Phi) is 4.42. The van der Waals surface area contributed by atoms with Crippen LogP contribution in [0.3, 0.4) is 0 Å². The highest BCUT2D eigenvalue weighted by Crippen LogP contribution is 2.33. The van der Waals surface area contributed by atoms with Crippen LogP contribution in [0.1, 0.15) is 5.56 Å². The Morgan fingerprint density at radius 1 is 1.37 bits per heavy atom. The molecule has 0 aliphatic carbocycles. The molecule has 1 nitrogen and oxygen atoms in total. The summed E-state index contributed by atoms with van der Waals surface area (Å²) in [6.07, 6.45) is 2.78. The smallest absolute Gasteiger partial charge is 0.256 e. The zero-order valence-electron chi connectivity index (χ0n) is 9.91. The highest BCUT2D eigenvalue weighted by atomic mass is 79.9. The van der Waals surface area contributed by atoms with E-state index in [1.807, 2.05) is 6.07 Å². The quantitative estimate of drug-likeness (QED) is 0.736. The van der Waals surface area contributed by atoms with Crippen molar-refractivity contribution in [1.82, 2.24) is 4.90 Å². The lowest BCUT2D eigenvalue weighted by atomic mass is 10.1. The van der Waals surface area contributed by atoms with E-state index >= 15 is 0 Å². The molecule has 0 unspecified atom stereocenters. The molecular formula is C14H11BrClF2N. The van der Waals surface area contributed by atoms with Gasteiger partial charge in [-0.2, -0.15) is 0 Å². The molecule has 0 N–H and O–H groups in total. The standard InChI is InChI=1S/C14H11BrClF2N/c1-9-3-2-4-13(19(9)8-14(17)18)11-6-5-10(15)7-12(11)16/h2-7,14H,1,8H2. The highest BCUT2D eigenvalue weighted by Gasteiger charge is 2.21. The third-order valence-electron chi connectivity index (χ3n) is 2.71. The molecule has 1 heterocycles. The van der Waals surface area contributed by atoms with Gasteiger partial charge >= 0.3 is 0 Å². The number of hydrogen-bond acceptors (Lipinski definition) is 1. The molecule has 2 rings (SSSR count). The fourth-order valence-corrected chi connectivity index (χ4v) is 2.64. The SMILES string of the molecule is C=C1C=CC=C(c2ccc(Br)cc2Cl)N1CC(F)F. The fourth-order valence-electron chi connectivity index (χ4n) is 1.87. The molecule has 5 heteroatoms. The van der Waals surface area contributed by atoms with Crippen molar-refractivity contribution in [3.63, 3.8) is 0 Å². The Labute approximate surface area is 124 Å². The monoisotopic (exact) mass is 345 g/mol. The first-order chi connectivity index (χ1) is 8.99. The summed E-state index contributed by atoms with van der Waals surface area (Å²) < 4.78 is 26.2. The van der Waals surface area contributed by atoms with Gasteiger partial charge in [0.2, 0.25) is 0 Å². The van der Waals surface area contributed by atoms with E-state index in [1.54, 1.807) is 30.4 Å². The average Bonchev–Trinajstić information content (AvgIpc) is 2.32. The molecule has 0 aromatic heterocycles. The molecule has 1 aromatic carbocycles. The summed E-state index contributed by atoms with van der Waals surface area (Å²) in [5.41, 5.74) is 1.86. The predicted molar refractivity (Wildman–Crippen MR) is 78.1 cm³/mol. The number of rotatable bonds is 3. The van der Waals surface area contributed by atoms with Crippen LogP contribution in [0.2, 0.25) is 5.02 Å². The van der Waals surface area contributed by atoms with Crippen molar-refractivity contribution < 1.29 is 8.78 Å². The van der Waals surface area contributed by atoms with Crippen molar-refractivity contribution in [3.8, 4) is 0 Å². The van der Waals surface area contributed by atoms with Gasteiger partial charge in [0.05, 0.1) is 17.3 Å². The second-order valence-corrected chi connectivity index (χ2v) is 5.35. The number of halogens is 4. The molecule has 0 fully saturated rings. The molecule has 0 saturated heterocycles. The van der Waals surface area contributed by atoms with E-state index in [0.29, 0.717) is 22.0 Å². The van der Waals surface area contributed by atoms with Crippen LogP contribution in [-0.4, -0.2) is 17.9 Å². The van der Waals surface area contributed by atoms with E-state index in [0.717, 1.165) is 4.47 Å². The fraction of sp³-hybridized carbons (Fsp3) is 0.143. The van der Waals surface area contributed by atoms with Crippen LogP contribution in [0.15, 0.2) is 53.2 Å². The van der Waals surface area contributed by atoms with Crippen molar-refractivity contribution in [2.24, 2.45) is 0 Å². The molecule has 0 radical (unpaired) electrons. The van der Waals surface area contributed by atoms with Gasteiger partial charge in [-0.05, 0) is 24.3 Å². The van der Waals surface area contributed by atoms with Gasteiger partial charge in [-0.15, -0.1) is 0 Å². The van der Waals surface area contributed by atoms with Crippen LogP contribution in [0.4, 0.5) is 8.78 Å². The Bertz CT molecular complexity index is 567. The maximum absolute atomic E-state index is 12.7. The number of allylic oxidation sites excluding steroid dienone is 3. The summed E-state index contributed by atoms with van der Waals surface area (Å²) in [4.78, 5) is 1.47. The second-order valence-electron chi connectivity index (χ2n) is 4.03. The summed E-state index contributed by atoms with van der Waals surface area (Å²) >= 11 is 9.49. The first-order valence-electron chi connectivity index (χ1n) is 5.57. The zero-order chi connectivity index (χ0) is 14.0. The van der Waals surface area contributed by atoms with Gasteiger partial charge in [0.15, 0.2) is 0 Å². The lowest BCUT2D eigenvalue weighted by Crippen LogP contribution is -2.27. The predicted octanol–water partition coefficient (Wildman–Crippen LogP) is 5.09. The topological polar surface area (TPSA) is 3.24 Å². The molecule has 100 valence electrons. The van der Waals surface area contributed by atoms with Crippen molar-refractivity contribution in [1.29, 1.82) is 0 Å². The number of alkyl halides is 2. The van der Waals surface area contributed by atoms with Gasteiger partial charge in [0.1, 0.15) is 0 Å². The Morgan fingerprint density at radius 2 is 2.11 bits per heavy atom. The van der Waals surface area contributed by atoms with Gasteiger partial charge < -0.3 is 4.90 Å². The van der Waals surface area contributed by atoms with Crippen molar-refractivity contribution in [3.05, 3.63) is 63.8 Å². The summed E-state index contributed by atoms with van der Waals surface area (Å²) in [6, 6.07) is 5.35. The summed E-state index contributed by atoms with van der Waals surface area (Å²) in [6.45, 7) is 3.38. The van der Waals surface area contributed by atoms with Crippen LogP contribution in [0.25, 0.3) is 5.70 Å². The van der Waals surface area contributed by atoms with Gasteiger partial charge in [0, 0.05) is 15.7 Å². The van der Waals surface area contributed by atoms with Crippen molar-refractivity contribution >= 4 is 33.2 Å². The third kappa shape index (κ3) is 3.25. The third-order valence-corrected chi connectivity index (χ3v) is 3.51. The minimum Gasteiger partial charge on any atom is -0.336 e. The first kappa shape index (κ1) is 14.3. The molecule has 0 spiro atoms.